The van der Waals surface area contributed by atoms with Crippen molar-refractivity contribution in [2.24, 2.45) is 10.8 Å². The maximum absolute atomic E-state index is 10.6. The van der Waals surface area contributed by atoms with E-state index in [0.717, 1.165) is 16.3 Å². The summed E-state index contributed by atoms with van der Waals surface area (Å²) in [5, 5.41) is 5.75. The maximum atomic E-state index is 10.6. The molecule has 5 nitrogen and oxygen atoms in total. The number of amides is 2. The first-order valence-corrected chi connectivity index (χ1v) is 5.89. The molecule has 0 saturated carbocycles. The van der Waals surface area contributed by atoms with Crippen LogP contribution >= 0.6 is 0 Å². The number of carbonyl (C=O) groups excluding carboxylic acids is 1. The predicted molar refractivity (Wildman–Crippen MR) is 78.6 cm³/mol. The lowest BCUT2D eigenvalue weighted by Gasteiger charge is -2.09. The Morgan fingerprint density at radius 1 is 1.40 bits per heavy atom. The average Bonchev–Trinajstić information content (AvgIpc) is 2.45. The summed E-state index contributed by atoms with van der Waals surface area (Å²) in [7, 11) is 0. The van der Waals surface area contributed by atoms with Crippen LogP contribution in [0.3, 0.4) is 0 Å². The van der Waals surface area contributed by atoms with E-state index in [1.165, 1.54) is 6.21 Å². The fourth-order valence-electron chi connectivity index (χ4n) is 1.81. The number of fused-ring (bicyclic) bond motifs is 1. The molecule has 0 aliphatic rings. The molecule has 0 aromatic heterocycles. The van der Waals surface area contributed by atoms with Gasteiger partial charge in [-0.05, 0) is 16.8 Å². The minimum Gasteiger partial charge on any atom is -0.480 e. The first kappa shape index (κ1) is 13.4. The number of benzene rings is 2. The topological polar surface area (TPSA) is 76.7 Å². The standard InChI is InChI=1S/C15H13N3O2/c1-2-9-20-14-8-7-11-5-3-4-6-12(11)13(14)10-17-18-15(16)19/h1,3-8,10H,9H2,(H3,16,18,19). The van der Waals surface area contributed by atoms with Crippen molar-refractivity contribution in [3.63, 3.8) is 0 Å². The van der Waals surface area contributed by atoms with Crippen molar-refractivity contribution in [1.82, 2.24) is 5.43 Å². The van der Waals surface area contributed by atoms with Gasteiger partial charge < -0.3 is 10.5 Å². The van der Waals surface area contributed by atoms with Gasteiger partial charge in [-0.25, -0.2) is 10.2 Å². The van der Waals surface area contributed by atoms with E-state index in [-0.39, 0.29) is 6.61 Å². The van der Waals surface area contributed by atoms with Crippen LogP contribution in [-0.4, -0.2) is 18.9 Å². The highest BCUT2D eigenvalue weighted by atomic mass is 16.5. The van der Waals surface area contributed by atoms with Gasteiger partial charge >= 0.3 is 6.03 Å². The molecule has 0 heterocycles. The molecule has 5 heteroatoms. The molecule has 0 radical (unpaired) electrons. The van der Waals surface area contributed by atoms with E-state index in [4.69, 9.17) is 16.9 Å². The molecule has 2 rings (SSSR count). The third-order valence-corrected chi connectivity index (χ3v) is 2.61. The number of terminal acetylenes is 1. The summed E-state index contributed by atoms with van der Waals surface area (Å²) < 4.78 is 5.48. The molecule has 3 N–H and O–H groups in total. The number of nitrogens with zero attached hydrogens (tertiary/aromatic N) is 1. The Balaban J connectivity index is 2.47. The van der Waals surface area contributed by atoms with Gasteiger partial charge in [0.1, 0.15) is 12.4 Å². The number of hydrogen-bond acceptors (Lipinski definition) is 3. The smallest absolute Gasteiger partial charge is 0.332 e. The third-order valence-electron chi connectivity index (χ3n) is 2.61. The summed E-state index contributed by atoms with van der Waals surface area (Å²) in [6, 6.07) is 10.8. The van der Waals surface area contributed by atoms with Gasteiger partial charge in [0.05, 0.1) is 6.21 Å². The van der Waals surface area contributed by atoms with Gasteiger partial charge in [-0.2, -0.15) is 5.10 Å². The highest BCUT2D eigenvalue weighted by Crippen LogP contribution is 2.26. The molecule has 0 atom stereocenters. The Morgan fingerprint density at radius 2 is 2.20 bits per heavy atom. The first-order chi connectivity index (χ1) is 9.72. The molecule has 0 aliphatic heterocycles. The van der Waals surface area contributed by atoms with Crippen molar-refractivity contribution >= 4 is 23.0 Å². The molecule has 2 aromatic rings. The minimum absolute atomic E-state index is 0.155. The van der Waals surface area contributed by atoms with E-state index >= 15 is 0 Å². The summed E-state index contributed by atoms with van der Waals surface area (Å²) in [5.41, 5.74) is 7.85. The van der Waals surface area contributed by atoms with Crippen molar-refractivity contribution in [2.45, 2.75) is 0 Å². The van der Waals surface area contributed by atoms with Crippen LogP contribution < -0.4 is 15.9 Å². The third kappa shape index (κ3) is 3.06. The molecule has 100 valence electrons. The van der Waals surface area contributed by atoms with Crippen LogP contribution in [0, 0.1) is 12.3 Å². The second kappa shape index (κ2) is 6.25. The first-order valence-electron chi connectivity index (χ1n) is 5.89. The fourth-order valence-corrected chi connectivity index (χ4v) is 1.81. The number of hydrogen-bond donors (Lipinski definition) is 2. The lowest BCUT2D eigenvalue weighted by molar-refractivity contribution is 0.249. The molecule has 0 aliphatic carbocycles. The Morgan fingerprint density at radius 3 is 2.95 bits per heavy atom. The quantitative estimate of drug-likeness (QED) is 0.504. The highest BCUT2D eigenvalue weighted by molar-refractivity contribution is 6.02. The van der Waals surface area contributed by atoms with E-state index in [0.29, 0.717) is 5.75 Å². The van der Waals surface area contributed by atoms with Gasteiger partial charge in [-0.3, -0.25) is 0 Å². The van der Waals surface area contributed by atoms with Crippen LogP contribution in [0.2, 0.25) is 0 Å². The number of urea groups is 1. The molecule has 2 amide bonds. The second-order valence-corrected chi connectivity index (χ2v) is 3.93. The number of carbonyl (C=O) groups is 1. The number of ether oxygens (including phenoxy) is 1. The average molecular weight is 267 g/mol. The zero-order chi connectivity index (χ0) is 14.4. The number of rotatable bonds is 4. The molecule has 0 bridgehead atoms. The van der Waals surface area contributed by atoms with Gasteiger partial charge in [-0.1, -0.05) is 36.3 Å². The Kier molecular flexibility index (Phi) is 4.20. The molecular weight excluding hydrogens is 254 g/mol. The van der Waals surface area contributed by atoms with Crippen LogP contribution in [0.5, 0.6) is 5.75 Å². The molecule has 20 heavy (non-hydrogen) atoms. The molecular formula is C15H13N3O2. The van der Waals surface area contributed by atoms with Gasteiger partial charge in [0, 0.05) is 5.56 Å². The van der Waals surface area contributed by atoms with E-state index < -0.39 is 6.03 Å². The Labute approximate surface area is 116 Å². The van der Waals surface area contributed by atoms with Crippen LogP contribution in [0.4, 0.5) is 4.79 Å². The van der Waals surface area contributed by atoms with E-state index in [9.17, 15) is 4.79 Å². The molecule has 0 spiro atoms. The van der Waals surface area contributed by atoms with Crippen molar-refractivity contribution in [1.29, 1.82) is 0 Å². The minimum atomic E-state index is -0.729. The lowest BCUT2D eigenvalue weighted by Crippen LogP contribution is -2.24. The fraction of sp³-hybridized carbons (Fsp3) is 0.0667. The Bertz CT molecular complexity index is 702. The zero-order valence-electron chi connectivity index (χ0n) is 10.7. The zero-order valence-corrected chi connectivity index (χ0v) is 10.7. The van der Waals surface area contributed by atoms with Crippen LogP contribution in [0.15, 0.2) is 41.5 Å². The number of nitrogens with two attached hydrogens (primary N) is 1. The van der Waals surface area contributed by atoms with Gasteiger partial charge in [0.15, 0.2) is 0 Å². The van der Waals surface area contributed by atoms with Crippen molar-refractivity contribution in [3.8, 4) is 18.1 Å². The Hall–Kier alpha value is -3.00. The largest absolute Gasteiger partial charge is 0.480 e. The maximum Gasteiger partial charge on any atom is 0.332 e. The monoisotopic (exact) mass is 267 g/mol. The van der Waals surface area contributed by atoms with E-state index in [2.05, 4.69) is 16.4 Å². The summed E-state index contributed by atoms with van der Waals surface area (Å²) in [6.45, 7) is 0.155. The summed E-state index contributed by atoms with van der Waals surface area (Å²) in [4.78, 5) is 10.6. The number of nitrogens with one attached hydrogen (secondary N) is 1. The van der Waals surface area contributed by atoms with Gasteiger partial charge in [-0.15, -0.1) is 6.42 Å². The van der Waals surface area contributed by atoms with Crippen LogP contribution in [0.25, 0.3) is 10.8 Å². The molecule has 2 aromatic carbocycles. The van der Waals surface area contributed by atoms with E-state index in [1.54, 1.807) is 0 Å². The summed E-state index contributed by atoms with van der Waals surface area (Å²) >= 11 is 0. The van der Waals surface area contributed by atoms with Gasteiger partial charge in [0.25, 0.3) is 0 Å². The van der Waals surface area contributed by atoms with Gasteiger partial charge in [0.2, 0.25) is 0 Å². The second-order valence-electron chi connectivity index (χ2n) is 3.93. The molecule has 0 fully saturated rings. The summed E-state index contributed by atoms with van der Waals surface area (Å²) in [6.07, 6.45) is 6.68. The van der Waals surface area contributed by atoms with Crippen molar-refractivity contribution < 1.29 is 9.53 Å². The van der Waals surface area contributed by atoms with Crippen LogP contribution in [-0.2, 0) is 0 Å². The van der Waals surface area contributed by atoms with E-state index in [1.807, 2.05) is 36.4 Å². The lowest BCUT2D eigenvalue weighted by atomic mass is 10.0. The molecule has 0 saturated heterocycles. The number of primary amides is 1. The molecule has 0 unspecified atom stereocenters. The summed E-state index contributed by atoms with van der Waals surface area (Å²) in [5.74, 6) is 3.00. The number of hydrazone groups is 1. The van der Waals surface area contributed by atoms with Crippen molar-refractivity contribution in [2.75, 3.05) is 6.61 Å². The SMILES string of the molecule is C#CCOc1ccc2ccccc2c1C=NNC(N)=O. The highest BCUT2D eigenvalue weighted by Gasteiger charge is 2.06. The van der Waals surface area contributed by atoms with Crippen LogP contribution in [0.1, 0.15) is 5.56 Å². The normalized spacial score (nSPS) is 10.3. The van der Waals surface area contributed by atoms with Crippen molar-refractivity contribution in [3.05, 3.63) is 42.0 Å². The predicted octanol–water partition coefficient (Wildman–Crippen LogP) is 1.85.